The van der Waals surface area contributed by atoms with Crippen molar-refractivity contribution in [1.29, 1.82) is 0 Å². The normalized spacial score (nSPS) is 17.2. The van der Waals surface area contributed by atoms with E-state index in [4.69, 9.17) is 0 Å². The van der Waals surface area contributed by atoms with Gasteiger partial charge < -0.3 is 10.2 Å². The number of carbonyl (C=O) groups excluding carboxylic acids is 2. The molecule has 21 heavy (non-hydrogen) atoms. The summed E-state index contributed by atoms with van der Waals surface area (Å²) in [5.74, 6) is 0.431. The molecule has 0 atom stereocenters. The van der Waals surface area contributed by atoms with Gasteiger partial charge in [0.05, 0.1) is 12.2 Å². The van der Waals surface area contributed by atoms with Crippen molar-refractivity contribution in [1.82, 2.24) is 9.88 Å². The number of nitrogens with zero attached hydrogens (tertiary/aromatic N) is 2. The number of hydrogen-bond acceptors (Lipinski definition) is 4. The Labute approximate surface area is 128 Å². The van der Waals surface area contributed by atoms with Crippen LogP contribution in [0.1, 0.15) is 36.3 Å². The van der Waals surface area contributed by atoms with E-state index in [1.54, 1.807) is 6.08 Å². The fourth-order valence-corrected chi connectivity index (χ4v) is 3.43. The largest absolute Gasteiger partial charge is 0.337 e. The van der Waals surface area contributed by atoms with Crippen LogP contribution in [0.4, 0.5) is 5.13 Å². The molecule has 1 N–H and O–H groups in total. The second-order valence-electron chi connectivity index (χ2n) is 5.55. The van der Waals surface area contributed by atoms with Crippen molar-refractivity contribution in [2.75, 3.05) is 11.9 Å². The number of thiazole rings is 1. The summed E-state index contributed by atoms with van der Waals surface area (Å²) in [5.41, 5.74) is 1.03. The predicted octanol–water partition coefficient (Wildman–Crippen LogP) is 2.34. The lowest BCUT2D eigenvalue weighted by Gasteiger charge is -2.25. The van der Waals surface area contributed by atoms with E-state index in [1.807, 2.05) is 4.90 Å². The highest BCUT2D eigenvalue weighted by Gasteiger charge is 2.31. The lowest BCUT2D eigenvalue weighted by atomic mass is 10.1. The molecule has 0 aromatic carbocycles. The highest BCUT2D eigenvalue weighted by Crippen LogP contribution is 2.33. The lowest BCUT2D eigenvalue weighted by Crippen LogP contribution is -2.35. The van der Waals surface area contributed by atoms with Crippen molar-refractivity contribution in [3.05, 3.63) is 23.2 Å². The van der Waals surface area contributed by atoms with Gasteiger partial charge >= 0.3 is 0 Å². The van der Waals surface area contributed by atoms with Crippen LogP contribution in [0.15, 0.2) is 12.7 Å². The van der Waals surface area contributed by atoms with Crippen LogP contribution in [0, 0.1) is 5.92 Å². The summed E-state index contributed by atoms with van der Waals surface area (Å²) in [6.45, 7) is 4.97. The smallest absolute Gasteiger partial charge is 0.229 e. The minimum atomic E-state index is 0.0833. The van der Waals surface area contributed by atoms with E-state index in [-0.39, 0.29) is 17.7 Å². The van der Waals surface area contributed by atoms with Gasteiger partial charge in [-0.3, -0.25) is 9.59 Å². The van der Waals surface area contributed by atoms with Gasteiger partial charge in [0.2, 0.25) is 11.8 Å². The number of rotatable bonds is 5. The monoisotopic (exact) mass is 305 g/mol. The Morgan fingerprint density at radius 1 is 1.48 bits per heavy atom. The van der Waals surface area contributed by atoms with Gasteiger partial charge in [0.25, 0.3) is 0 Å². The predicted molar refractivity (Wildman–Crippen MR) is 82.0 cm³/mol. The van der Waals surface area contributed by atoms with Gasteiger partial charge in [-0.1, -0.05) is 17.4 Å². The van der Waals surface area contributed by atoms with E-state index < -0.39 is 0 Å². The van der Waals surface area contributed by atoms with E-state index in [0.717, 1.165) is 29.8 Å². The van der Waals surface area contributed by atoms with E-state index in [9.17, 15) is 9.59 Å². The van der Waals surface area contributed by atoms with Crippen molar-refractivity contribution in [2.24, 2.45) is 5.92 Å². The van der Waals surface area contributed by atoms with Crippen molar-refractivity contribution in [3.63, 3.8) is 0 Å². The molecule has 3 rings (SSSR count). The first-order valence-electron chi connectivity index (χ1n) is 7.35. The number of fused-ring (bicyclic) bond motifs is 1. The van der Waals surface area contributed by atoms with Crippen LogP contribution in [0.2, 0.25) is 0 Å². The molecule has 2 amide bonds. The maximum absolute atomic E-state index is 12.0. The van der Waals surface area contributed by atoms with Gasteiger partial charge in [0, 0.05) is 30.2 Å². The first-order chi connectivity index (χ1) is 10.2. The fourth-order valence-electron chi connectivity index (χ4n) is 2.40. The van der Waals surface area contributed by atoms with Gasteiger partial charge in [-0.2, -0.15) is 0 Å². The molecule has 1 aliphatic carbocycles. The third-order valence-electron chi connectivity index (χ3n) is 3.82. The van der Waals surface area contributed by atoms with Crippen LogP contribution in [-0.4, -0.2) is 28.2 Å². The van der Waals surface area contributed by atoms with Crippen LogP contribution in [0.5, 0.6) is 0 Å². The van der Waals surface area contributed by atoms with Crippen molar-refractivity contribution in [2.45, 2.75) is 38.6 Å². The number of aromatic nitrogens is 1. The topological polar surface area (TPSA) is 62.3 Å². The van der Waals surface area contributed by atoms with Gasteiger partial charge in [-0.05, 0) is 19.3 Å². The quantitative estimate of drug-likeness (QED) is 0.849. The Balaban J connectivity index is 1.62. The molecule has 2 aliphatic rings. The van der Waals surface area contributed by atoms with Crippen molar-refractivity contribution < 1.29 is 9.59 Å². The Kier molecular flexibility index (Phi) is 4.05. The first-order valence-corrected chi connectivity index (χ1v) is 8.17. The molecule has 1 aromatic rings. The minimum Gasteiger partial charge on any atom is -0.337 e. The summed E-state index contributed by atoms with van der Waals surface area (Å²) in [5, 5.41) is 3.57. The van der Waals surface area contributed by atoms with E-state index >= 15 is 0 Å². The van der Waals surface area contributed by atoms with E-state index in [2.05, 4.69) is 16.9 Å². The number of carbonyl (C=O) groups is 2. The molecule has 6 heteroatoms. The van der Waals surface area contributed by atoms with Gasteiger partial charge in [0.1, 0.15) is 0 Å². The molecular formula is C15H19N3O2S. The molecule has 0 bridgehead atoms. The van der Waals surface area contributed by atoms with Crippen molar-refractivity contribution >= 4 is 28.3 Å². The number of nitrogens with one attached hydrogen (secondary N) is 1. The molecule has 0 radical (unpaired) electrons. The van der Waals surface area contributed by atoms with Crippen LogP contribution < -0.4 is 5.32 Å². The number of allylic oxidation sites excluding steroid dienone is 1. The molecule has 0 unspecified atom stereocenters. The number of hydrogen-bond donors (Lipinski definition) is 1. The highest BCUT2D eigenvalue weighted by molar-refractivity contribution is 7.15. The highest BCUT2D eigenvalue weighted by atomic mass is 32.1. The second kappa shape index (κ2) is 5.97. The Morgan fingerprint density at radius 2 is 2.29 bits per heavy atom. The zero-order valence-corrected chi connectivity index (χ0v) is 12.7. The number of anilines is 1. The van der Waals surface area contributed by atoms with E-state index in [1.165, 1.54) is 11.3 Å². The van der Waals surface area contributed by atoms with Gasteiger partial charge in [-0.15, -0.1) is 6.58 Å². The molecular weight excluding hydrogens is 286 g/mol. The standard InChI is InChI=1S/C15H19N3O2S/c1-2-3-4-13(19)18-8-7-11-12(9-18)21-15(16-11)17-14(20)10-5-6-10/h2,10H,1,3-9H2,(H,16,17,20). The summed E-state index contributed by atoms with van der Waals surface area (Å²) in [7, 11) is 0. The van der Waals surface area contributed by atoms with Gasteiger partial charge in [0.15, 0.2) is 5.13 Å². The molecule has 5 nitrogen and oxygen atoms in total. The molecule has 1 fully saturated rings. The molecule has 112 valence electrons. The summed E-state index contributed by atoms with van der Waals surface area (Å²) >= 11 is 1.50. The lowest BCUT2D eigenvalue weighted by molar-refractivity contribution is -0.132. The minimum absolute atomic E-state index is 0.0833. The van der Waals surface area contributed by atoms with Crippen LogP contribution >= 0.6 is 11.3 Å². The Bertz CT molecular complexity index is 577. The van der Waals surface area contributed by atoms with Crippen LogP contribution in [-0.2, 0) is 22.6 Å². The van der Waals surface area contributed by atoms with Gasteiger partial charge in [-0.25, -0.2) is 4.98 Å². The zero-order valence-electron chi connectivity index (χ0n) is 11.9. The number of amides is 2. The molecule has 2 heterocycles. The molecule has 0 saturated heterocycles. The molecule has 1 aliphatic heterocycles. The summed E-state index contributed by atoms with van der Waals surface area (Å²) in [6.07, 6.45) is 5.75. The van der Waals surface area contributed by atoms with Crippen LogP contribution in [0.3, 0.4) is 0 Å². The maximum atomic E-state index is 12.0. The maximum Gasteiger partial charge on any atom is 0.229 e. The summed E-state index contributed by atoms with van der Waals surface area (Å²) in [6, 6.07) is 0. The second-order valence-corrected chi connectivity index (χ2v) is 6.63. The Morgan fingerprint density at radius 3 is 3.00 bits per heavy atom. The summed E-state index contributed by atoms with van der Waals surface area (Å²) in [4.78, 5) is 31.3. The SMILES string of the molecule is C=CCCC(=O)N1CCc2nc(NC(=O)C3CC3)sc2C1. The Hall–Kier alpha value is -1.69. The average molecular weight is 305 g/mol. The van der Waals surface area contributed by atoms with Crippen LogP contribution in [0.25, 0.3) is 0 Å². The molecule has 0 spiro atoms. The molecule has 1 saturated carbocycles. The third-order valence-corrected chi connectivity index (χ3v) is 4.82. The first kappa shape index (κ1) is 14.3. The fraction of sp³-hybridized carbons (Fsp3) is 0.533. The summed E-state index contributed by atoms with van der Waals surface area (Å²) < 4.78 is 0. The molecule has 1 aromatic heterocycles. The average Bonchev–Trinajstić information content (AvgIpc) is 3.25. The third kappa shape index (κ3) is 3.32. The van der Waals surface area contributed by atoms with E-state index in [0.29, 0.717) is 31.1 Å². The zero-order chi connectivity index (χ0) is 14.8. The van der Waals surface area contributed by atoms with Crippen molar-refractivity contribution in [3.8, 4) is 0 Å².